The third-order valence-corrected chi connectivity index (χ3v) is 3.91. The Hall–Kier alpha value is 0.774. The van der Waals surface area contributed by atoms with Crippen molar-refractivity contribution in [2.75, 3.05) is 13.1 Å². The number of rotatable bonds is 7. The predicted octanol–water partition coefficient (Wildman–Crippen LogP) is 3.34. The van der Waals surface area contributed by atoms with Gasteiger partial charge in [0.2, 0.25) is 0 Å². The van der Waals surface area contributed by atoms with Gasteiger partial charge in [-0.05, 0) is 25.9 Å². The van der Waals surface area contributed by atoms with Gasteiger partial charge in [-0.15, -0.1) is 0 Å². The van der Waals surface area contributed by atoms with Crippen LogP contribution in [0.25, 0.3) is 0 Å². The standard InChI is InChI=1S/C10H24NSi.CH3.Li/c1-5-7-9-11(12(3)4)10-8-6-2;;/h5-10H2,1-4H3;1H3;. The molecule has 0 heterocycles. The molecule has 0 amide bonds. The molecule has 0 aliphatic rings. The van der Waals surface area contributed by atoms with Crippen LogP contribution in [-0.4, -0.2) is 44.3 Å². The molecule has 0 aliphatic carbocycles. The van der Waals surface area contributed by atoms with Crippen molar-refractivity contribution >= 4 is 26.7 Å². The predicted molar refractivity (Wildman–Crippen MR) is 70.5 cm³/mol. The van der Waals surface area contributed by atoms with Gasteiger partial charge in [0.1, 0.15) is 8.96 Å². The van der Waals surface area contributed by atoms with E-state index in [4.69, 9.17) is 0 Å². The van der Waals surface area contributed by atoms with Crippen LogP contribution in [0.15, 0.2) is 0 Å². The number of hydrogen-bond acceptors (Lipinski definition) is 1. The van der Waals surface area contributed by atoms with Crippen LogP contribution in [0.3, 0.4) is 0 Å². The third kappa shape index (κ3) is 10.9. The van der Waals surface area contributed by atoms with Gasteiger partial charge in [0.15, 0.2) is 0 Å². The zero-order valence-corrected chi connectivity index (χ0v) is 12.2. The van der Waals surface area contributed by atoms with Crippen molar-refractivity contribution in [2.45, 2.75) is 58.2 Å². The summed E-state index contributed by atoms with van der Waals surface area (Å²) in [7, 11) is -0.185. The Balaban J connectivity index is 0. The first-order chi connectivity index (χ1) is 6.72. The van der Waals surface area contributed by atoms with E-state index in [1.807, 2.05) is 23.3 Å². The summed E-state index contributed by atoms with van der Waals surface area (Å²) in [5.74, 6) is 0. The minimum absolute atomic E-state index is 0.185. The molecule has 1 nitrogen and oxygen atoms in total. The van der Waals surface area contributed by atoms with Crippen LogP contribution in [0.2, 0.25) is 18.7 Å². The fraction of sp³-hybridized carbons (Fsp3) is 1.00. The molecular weight excluding hydrogens is 181 g/mol. The molecule has 3 heteroatoms. The summed E-state index contributed by atoms with van der Waals surface area (Å²) in [5.41, 5.74) is 2.00. The molecule has 0 unspecified atom stereocenters. The molecule has 0 atom stereocenters. The van der Waals surface area contributed by atoms with Crippen molar-refractivity contribution < 1.29 is 0 Å². The van der Waals surface area contributed by atoms with Crippen molar-refractivity contribution in [3.05, 3.63) is 0 Å². The van der Waals surface area contributed by atoms with Crippen molar-refractivity contribution in [2.24, 2.45) is 0 Å². The molecular formula is C11H27LiNSi. The molecule has 0 N–H and O–H groups in total. The van der Waals surface area contributed by atoms with E-state index in [0.29, 0.717) is 0 Å². The van der Waals surface area contributed by atoms with Gasteiger partial charge >= 0.3 is 23.3 Å². The first-order valence-corrected chi connectivity index (χ1v) is 8.72. The first-order valence-electron chi connectivity index (χ1n) is 6.27. The average Bonchev–Trinajstić information content (AvgIpc) is 2.20. The van der Waals surface area contributed by atoms with Crippen molar-refractivity contribution in [1.82, 2.24) is 4.57 Å². The summed E-state index contributed by atoms with van der Waals surface area (Å²) in [6, 6.07) is 0. The molecule has 14 heavy (non-hydrogen) atoms. The van der Waals surface area contributed by atoms with Crippen molar-refractivity contribution in [1.29, 1.82) is 0 Å². The summed E-state index contributed by atoms with van der Waals surface area (Å²) < 4.78 is 2.69. The van der Waals surface area contributed by atoms with Crippen LogP contribution in [-0.2, 0) is 0 Å². The van der Waals surface area contributed by atoms with Crippen LogP contribution in [0.1, 0.15) is 39.5 Å². The Morgan fingerprint density at radius 3 is 1.50 bits per heavy atom. The topological polar surface area (TPSA) is 3.24 Å². The first kappa shape index (κ1) is 17.2. The van der Waals surface area contributed by atoms with Crippen LogP contribution < -0.4 is 0 Å². The van der Waals surface area contributed by atoms with Gasteiger partial charge in [-0.25, -0.2) is 0 Å². The van der Waals surface area contributed by atoms with E-state index in [1.54, 1.807) is 0 Å². The van der Waals surface area contributed by atoms with Crippen LogP contribution in [0.4, 0.5) is 0 Å². The second-order valence-electron chi connectivity index (χ2n) is 3.64. The molecule has 0 aromatic heterocycles. The molecule has 0 aliphatic heterocycles. The van der Waals surface area contributed by atoms with E-state index in [9.17, 15) is 0 Å². The minimum atomic E-state index is -0.185. The molecule has 0 aromatic rings. The third-order valence-electron chi connectivity index (χ3n) is 2.20. The maximum atomic E-state index is 2.69. The van der Waals surface area contributed by atoms with E-state index >= 15 is 0 Å². The summed E-state index contributed by atoms with van der Waals surface area (Å²) in [5, 5.41) is 0. The molecule has 0 bridgehead atoms. The Kier molecular flexibility index (Phi) is 16.9. The van der Waals surface area contributed by atoms with E-state index in [2.05, 4.69) is 31.5 Å². The second-order valence-corrected chi connectivity index (χ2v) is 6.17. The van der Waals surface area contributed by atoms with Gasteiger partial charge in [0, 0.05) is 0 Å². The quantitative estimate of drug-likeness (QED) is 0.580. The molecule has 0 saturated heterocycles. The molecule has 0 rings (SSSR count). The molecule has 0 aromatic carbocycles. The monoisotopic (exact) mass is 208 g/mol. The molecule has 0 fully saturated rings. The zero-order chi connectivity index (χ0) is 11.4. The molecule has 81 valence electrons. The number of hydrogen-bond donors (Lipinski definition) is 0. The molecule has 0 spiro atoms. The van der Waals surface area contributed by atoms with E-state index in [1.165, 1.54) is 38.8 Å². The van der Waals surface area contributed by atoms with Crippen molar-refractivity contribution in [3.8, 4) is 0 Å². The van der Waals surface area contributed by atoms with Crippen LogP contribution in [0, 0.1) is 0 Å². The van der Waals surface area contributed by atoms with Gasteiger partial charge < -0.3 is 4.57 Å². The maximum absolute atomic E-state index is 2.69. The van der Waals surface area contributed by atoms with Crippen LogP contribution >= 0.6 is 0 Å². The summed E-state index contributed by atoms with van der Waals surface area (Å²) in [6.45, 7) is 12.0. The van der Waals surface area contributed by atoms with E-state index in [-0.39, 0.29) is 8.96 Å². The van der Waals surface area contributed by atoms with Crippen LogP contribution in [0.5, 0.6) is 0 Å². The zero-order valence-electron chi connectivity index (χ0n) is 11.2. The Morgan fingerprint density at radius 1 is 0.929 bits per heavy atom. The van der Waals surface area contributed by atoms with Gasteiger partial charge in [-0.2, -0.15) is 0 Å². The Morgan fingerprint density at radius 2 is 1.29 bits per heavy atom. The molecule has 1 radical (unpaired) electrons. The van der Waals surface area contributed by atoms with Gasteiger partial charge in [-0.3, -0.25) is 0 Å². The Labute approximate surface area is 103 Å². The van der Waals surface area contributed by atoms with Gasteiger partial charge in [0.25, 0.3) is 0 Å². The molecule has 0 saturated carbocycles. The van der Waals surface area contributed by atoms with Gasteiger partial charge in [-0.1, -0.05) is 39.8 Å². The average molecular weight is 208 g/mol. The van der Waals surface area contributed by atoms with Gasteiger partial charge in [0.05, 0.1) is 0 Å². The Bertz CT molecular complexity index is 91.3. The number of unbranched alkanes of at least 4 members (excludes halogenated alkanes) is 2. The fourth-order valence-electron chi connectivity index (χ4n) is 1.26. The fourth-order valence-corrected chi connectivity index (χ4v) is 2.47. The van der Waals surface area contributed by atoms with E-state index < -0.39 is 0 Å². The van der Waals surface area contributed by atoms with Crippen molar-refractivity contribution in [3.63, 3.8) is 0 Å². The summed E-state index contributed by atoms with van der Waals surface area (Å²) >= 11 is 2.00. The normalized spacial score (nSPS) is 10.4. The van der Waals surface area contributed by atoms with E-state index in [0.717, 1.165) is 0 Å². The summed E-state index contributed by atoms with van der Waals surface area (Å²) in [6.07, 6.45) is 5.41. The second kappa shape index (κ2) is 13.8. The summed E-state index contributed by atoms with van der Waals surface area (Å²) in [4.78, 5) is 0. The number of nitrogens with zero attached hydrogens (tertiary/aromatic N) is 1. The SMILES string of the molecule is CCCCN(CCCC)[Si](C)C.[Li][CH3].